The Bertz CT molecular complexity index is 1720. The van der Waals surface area contributed by atoms with Gasteiger partial charge in [0.1, 0.15) is 5.65 Å². The van der Waals surface area contributed by atoms with Gasteiger partial charge in [-0.15, -0.1) is 0 Å². The van der Waals surface area contributed by atoms with Crippen molar-refractivity contribution in [3.8, 4) is 16.9 Å². The molecule has 5 heterocycles. The number of fused-ring (bicyclic) bond motifs is 4. The lowest BCUT2D eigenvalue weighted by Crippen LogP contribution is -2.57. The largest absolute Gasteiger partial charge is 0.354 e. The number of sulfonamides is 1. The molecule has 0 radical (unpaired) electrons. The number of nitrogens with one attached hydrogen (secondary N) is 2. The Morgan fingerprint density at radius 2 is 1.66 bits per heavy atom. The van der Waals surface area contributed by atoms with Gasteiger partial charge in [-0.05, 0) is 112 Å². The molecule has 2 aromatic carbocycles. The summed E-state index contributed by atoms with van der Waals surface area (Å²) >= 11 is 0. The van der Waals surface area contributed by atoms with Crippen LogP contribution in [0, 0.1) is 5.92 Å². The maximum absolute atomic E-state index is 13.1. The lowest BCUT2D eigenvalue weighted by Gasteiger charge is -2.44. The Morgan fingerprint density at radius 1 is 0.977 bits per heavy atom. The van der Waals surface area contributed by atoms with Crippen LogP contribution in [-0.2, 0) is 16.6 Å². The first-order valence-corrected chi connectivity index (χ1v) is 17.0. The van der Waals surface area contributed by atoms with Crippen LogP contribution >= 0.6 is 0 Å². The van der Waals surface area contributed by atoms with E-state index in [1.165, 1.54) is 0 Å². The Balaban J connectivity index is 1.16. The van der Waals surface area contributed by atoms with Crippen molar-refractivity contribution >= 4 is 21.1 Å². The molecule has 3 fully saturated rings. The van der Waals surface area contributed by atoms with Crippen LogP contribution in [0.5, 0.6) is 0 Å². The molecule has 12 heteroatoms. The molecule has 7 rings (SSSR count). The second-order valence-electron chi connectivity index (χ2n) is 12.0. The van der Waals surface area contributed by atoms with Gasteiger partial charge in [0.15, 0.2) is 0 Å². The predicted octanol–water partition coefficient (Wildman–Crippen LogP) is 2.25. The summed E-state index contributed by atoms with van der Waals surface area (Å²) in [5, 5.41) is 0.777. The van der Waals surface area contributed by atoms with Crippen molar-refractivity contribution in [3.63, 3.8) is 0 Å². The molecule has 0 spiro atoms. The molecule has 1 atom stereocenters. The minimum absolute atomic E-state index is 0.0384. The Morgan fingerprint density at radius 3 is 2.27 bits per heavy atom. The number of nitrogens with two attached hydrogens (primary N) is 2. The van der Waals surface area contributed by atoms with Gasteiger partial charge in [-0.2, -0.15) is 4.98 Å². The van der Waals surface area contributed by atoms with Crippen molar-refractivity contribution in [1.82, 2.24) is 29.1 Å². The van der Waals surface area contributed by atoms with Crippen LogP contribution in [0.15, 0.2) is 70.5 Å². The van der Waals surface area contributed by atoms with Gasteiger partial charge in [0, 0.05) is 36.4 Å². The van der Waals surface area contributed by atoms with Crippen LogP contribution in [0.1, 0.15) is 31.2 Å². The molecule has 234 valence electrons. The summed E-state index contributed by atoms with van der Waals surface area (Å²) in [7, 11) is -3.62. The van der Waals surface area contributed by atoms with Crippen molar-refractivity contribution in [2.24, 2.45) is 17.4 Å². The van der Waals surface area contributed by atoms with Crippen molar-refractivity contribution in [1.29, 1.82) is 0 Å². The van der Waals surface area contributed by atoms with Gasteiger partial charge in [0.25, 0.3) is 0 Å². The molecule has 3 saturated heterocycles. The standard InChI is InChI=1S/C32H42N8O3S/c33-13-1-15-38(16-2-14-34)20-23-3-7-27(8-4-23)40-21-26-19-29(35-31(26)36-32(40)41)24-5-9-28(10-6-24)44(42,43)37-30-22-39-17-11-25(30)12-18-39/h3-10,19,21,25,30,37H,1-2,11-18,20,22,33-34H2,(H,35,36,41). The number of nitrogens with zero attached hydrogens (tertiary/aromatic N) is 4. The van der Waals surface area contributed by atoms with Crippen molar-refractivity contribution in [3.05, 3.63) is 76.8 Å². The van der Waals surface area contributed by atoms with Crippen LogP contribution in [0.2, 0.25) is 0 Å². The minimum Gasteiger partial charge on any atom is -0.339 e. The van der Waals surface area contributed by atoms with E-state index >= 15 is 0 Å². The van der Waals surface area contributed by atoms with Gasteiger partial charge < -0.3 is 21.4 Å². The lowest BCUT2D eigenvalue weighted by atomic mass is 9.85. The second-order valence-corrected chi connectivity index (χ2v) is 13.7. The summed E-state index contributed by atoms with van der Waals surface area (Å²) in [6.45, 7) is 6.84. The molecule has 2 bridgehead atoms. The SMILES string of the molecule is NCCCN(CCCN)Cc1ccc(-n2cc3cc(-c4ccc(S(=O)(=O)NC5CN6CCC5CC6)cc4)[nH]c3nc2=O)cc1. The fraction of sp³-hybridized carbons (Fsp3) is 0.438. The number of piperidine rings is 3. The molecule has 44 heavy (non-hydrogen) atoms. The number of hydrogen-bond donors (Lipinski definition) is 4. The predicted molar refractivity (Wildman–Crippen MR) is 173 cm³/mol. The number of rotatable bonds is 13. The van der Waals surface area contributed by atoms with Gasteiger partial charge >= 0.3 is 5.69 Å². The van der Waals surface area contributed by atoms with Gasteiger partial charge in [0.05, 0.1) is 10.6 Å². The molecule has 0 saturated carbocycles. The van der Waals surface area contributed by atoms with E-state index < -0.39 is 10.0 Å². The van der Waals surface area contributed by atoms with Crippen LogP contribution in [-0.4, -0.2) is 84.6 Å². The number of H-pyrrole nitrogens is 1. The monoisotopic (exact) mass is 618 g/mol. The zero-order valence-electron chi connectivity index (χ0n) is 25.0. The average molecular weight is 619 g/mol. The molecule has 0 aliphatic carbocycles. The third-order valence-electron chi connectivity index (χ3n) is 8.92. The molecule has 1 unspecified atom stereocenters. The number of aromatic amines is 1. The Labute approximate surface area is 258 Å². The van der Waals surface area contributed by atoms with Crippen LogP contribution in [0.4, 0.5) is 0 Å². The zero-order valence-corrected chi connectivity index (χ0v) is 25.8. The topological polar surface area (TPSA) is 155 Å². The number of hydrogen-bond acceptors (Lipinski definition) is 8. The first kappa shape index (κ1) is 30.6. The van der Waals surface area contributed by atoms with Gasteiger partial charge in [-0.1, -0.05) is 24.3 Å². The van der Waals surface area contributed by atoms with E-state index in [0.29, 0.717) is 24.7 Å². The highest BCUT2D eigenvalue weighted by Crippen LogP contribution is 2.29. The van der Waals surface area contributed by atoms with Crippen LogP contribution in [0.25, 0.3) is 28.0 Å². The number of benzene rings is 2. The van der Waals surface area contributed by atoms with Crippen molar-refractivity contribution < 1.29 is 8.42 Å². The fourth-order valence-corrected chi connectivity index (χ4v) is 7.73. The van der Waals surface area contributed by atoms with E-state index in [0.717, 1.165) is 92.8 Å². The molecule has 6 N–H and O–H groups in total. The highest BCUT2D eigenvalue weighted by atomic mass is 32.2. The normalized spacial score (nSPS) is 20.1. The fourth-order valence-electron chi connectivity index (χ4n) is 6.43. The van der Waals surface area contributed by atoms with E-state index in [9.17, 15) is 13.2 Å². The first-order chi connectivity index (χ1) is 21.3. The van der Waals surface area contributed by atoms with E-state index in [4.69, 9.17) is 11.5 Å². The molecule has 2 aromatic heterocycles. The van der Waals surface area contributed by atoms with E-state index in [-0.39, 0.29) is 16.6 Å². The highest BCUT2D eigenvalue weighted by Gasteiger charge is 2.36. The highest BCUT2D eigenvalue weighted by molar-refractivity contribution is 7.89. The summed E-state index contributed by atoms with van der Waals surface area (Å²) in [5.74, 6) is 0.405. The Kier molecular flexibility index (Phi) is 9.26. The molecule has 3 aliphatic heterocycles. The van der Waals surface area contributed by atoms with Crippen LogP contribution in [0.3, 0.4) is 0 Å². The molecule has 11 nitrogen and oxygen atoms in total. The zero-order chi connectivity index (χ0) is 30.7. The molecule has 3 aliphatic rings. The third kappa shape index (κ3) is 6.80. The van der Waals surface area contributed by atoms with E-state index in [1.54, 1.807) is 35.0 Å². The van der Waals surface area contributed by atoms with E-state index in [1.807, 2.05) is 30.3 Å². The average Bonchev–Trinajstić information content (AvgIpc) is 3.45. The summed E-state index contributed by atoms with van der Waals surface area (Å²) in [6.07, 6.45) is 5.73. The summed E-state index contributed by atoms with van der Waals surface area (Å²) in [5.41, 5.74) is 15.0. The molecular formula is C32H42N8O3S. The second kappa shape index (κ2) is 13.3. The maximum atomic E-state index is 13.1. The molecule has 0 amide bonds. The maximum Gasteiger partial charge on any atom is 0.354 e. The molecule has 4 aromatic rings. The van der Waals surface area contributed by atoms with Crippen LogP contribution < -0.4 is 21.9 Å². The van der Waals surface area contributed by atoms with Gasteiger partial charge in [0.2, 0.25) is 10.0 Å². The first-order valence-electron chi connectivity index (χ1n) is 15.5. The summed E-state index contributed by atoms with van der Waals surface area (Å²) < 4.78 is 30.8. The summed E-state index contributed by atoms with van der Waals surface area (Å²) in [6, 6.07) is 16.7. The lowest BCUT2D eigenvalue weighted by molar-refractivity contribution is 0.0827. The third-order valence-corrected chi connectivity index (χ3v) is 10.4. The summed E-state index contributed by atoms with van der Waals surface area (Å²) in [4.78, 5) is 25.4. The number of aromatic nitrogens is 3. The Hall–Kier alpha value is -3.39. The van der Waals surface area contributed by atoms with Gasteiger partial charge in [-0.25, -0.2) is 17.9 Å². The van der Waals surface area contributed by atoms with Crippen molar-refractivity contribution in [2.75, 3.05) is 45.8 Å². The quantitative estimate of drug-likeness (QED) is 0.178. The minimum atomic E-state index is -3.62. The molecular weight excluding hydrogens is 576 g/mol. The van der Waals surface area contributed by atoms with Crippen molar-refractivity contribution in [2.45, 2.75) is 43.2 Å². The smallest absolute Gasteiger partial charge is 0.339 e. The van der Waals surface area contributed by atoms with Gasteiger partial charge in [-0.3, -0.25) is 9.47 Å². The van der Waals surface area contributed by atoms with E-state index in [2.05, 4.69) is 24.5 Å².